The highest BCUT2D eigenvalue weighted by atomic mass is 19.4. The van der Waals surface area contributed by atoms with Crippen molar-refractivity contribution >= 4 is 12.4 Å². The smallest absolute Gasteiger partial charge is 0.496 e. The maximum Gasteiger partial charge on any atom is 0.509 e. The Balaban J connectivity index is 3.34. The molecule has 1 nitrogen and oxygen atoms in total. The van der Waals surface area contributed by atoms with E-state index in [2.05, 4.69) is 4.74 Å². The van der Waals surface area contributed by atoms with Gasteiger partial charge in [0.2, 0.25) is 0 Å². The maximum absolute atomic E-state index is 12.4. The minimum atomic E-state index is -5.45. The molecule has 0 atom stereocenters. The van der Waals surface area contributed by atoms with E-state index in [4.69, 9.17) is 0 Å². The Kier molecular flexibility index (Phi) is 3.11. The van der Waals surface area contributed by atoms with Crippen molar-refractivity contribution in [2.75, 3.05) is 7.11 Å². The lowest BCUT2D eigenvalue weighted by atomic mass is 9.79. The Labute approximate surface area is 87.1 Å². The molecule has 0 bridgehead atoms. The molecule has 0 N–H and O–H groups in total. The highest BCUT2D eigenvalue weighted by Gasteiger charge is 2.36. The van der Waals surface area contributed by atoms with E-state index in [1.165, 1.54) is 0 Å². The Hall–Kier alpha value is -1.34. The molecule has 0 aliphatic heterocycles. The van der Waals surface area contributed by atoms with Gasteiger partial charge in [-0.2, -0.15) is 13.2 Å². The van der Waals surface area contributed by atoms with E-state index in [-0.39, 0.29) is 6.07 Å². The number of hydrogen-bond donors (Lipinski definition) is 0. The number of benzene rings is 1. The monoisotopic (exact) mass is 243 g/mol. The molecule has 0 saturated heterocycles. The van der Waals surface area contributed by atoms with Gasteiger partial charge in [0, 0.05) is 0 Å². The van der Waals surface area contributed by atoms with Crippen LogP contribution in [0.15, 0.2) is 18.2 Å². The highest BCUT2D eigenvalue weighted by Crippen LogP contribution is 2.35. The molecule has 8 heteroatoms. The van der Waals surface area contributed by atoms with E-state index in [0.717, 1.165) is 7.11 Å². The zero-order valence-corrected chi connectivity index (χ0v) is 7.99. The number of ether oxygens (including phenoxy) is 1. The second kappa shape index (κ2) is 3.91. The van der Waals surface area contributed by atoms with Crippen LogP contribution in [0, 0.1) is 0 Å². The third-order valence-electron chi connectivity index (χ3n) is 1.91. The van der Waals surface area contributed by atoms with Crippen LogP contribution < -0.4 is 10.2 Å². The van der Waals surface area contributed by atoms with E-state index in [1.54, 1.807) is 0 Å². The van der Waals surface area contributed by atoms with Gasteiger partial charge in [0.1, 0.15) is 5.75 Å². The van der Waals surface area contributed by atoms with Crippen LogP contribution in [0.5, 0.6) is 5.75 Å². The summed E-state index contributed by atoms with van der Waals surface area (Å²) in [6, 6.07) is 1.28. The maximum atomic E-state index is 12.4. The SMILES string of the molecule is COc1ccc([B-](F)(F)F)cc1C(F)(F)F. The van der Waals surface area contributed by atoms with Gasteiger partial charge in [-0.15, -0.1) is 5.46 Å². The molecule has 16 heavy (non-hydrogen) atoms. The molecule has 0 heterocycles. The molecule has 0 aromatic heterocycles. The average molecular weight is 243 g/mol. The van der Waals surface area contributed by atoms with Crippen molar-refractivity contribution in [2.24, 2.45) is 0 Å². The summed E-state index contributed by atoms with van der Waals surface area (Å²) >= 11 is 0. The summed E-state index contributed by atoms with van der Waals surface area (Å²) in [5.41, 5.74) is -2.72. The molecule has 0 aliphatic rings. The van der Waals surface area contributed by atoms with Gasteiger partial charge in [-0.05, 0) is 6.07 Å². The van der Waals surface area contributed by atoms with E-state index in [9.17, 15) is 26.1 Å². The molecule has 0 fully saturated rings. The summed E-state index contributed by atoms with van der Waals surface area (Å²) in [5.74, 6) is -0.628. The van der Waals surface area contributed by atoms with Gasteiger partial charge in [-0.1, -0.05) is 12.1 Å². The lowest BCUT2D eigenvalue weighted by Gasteiger charge is -2.18. The number of alkyl halides is 3. The van der Waals surface area contributed by atoms with Gasteiger partial charge in [0.05, 0.1) is 12.7 Å². The fourth-order valence-corrected chi connectivity index (χ4v) is 1.15. The van der Waals surface area contributed by atoms with Crippen molar-refractivity contribution in [3.63, 3.8) is 0 Å². The molecule has 0 amide bonds. The number of methoxy groups -OCH3 is 1. The molecule has 0 unspecified atom stereocenters. The number of rotatable bonds is 2. The predicted octanol–water partition coefficient (Wildman–Crippen LogP) is 2.77. The number of hydrogen-bond acceptors (Lipinski definition) is 1. The second-order valence-electron chi connectivity index (χ2n) is 3.03. The van der Waals surface area contributed by atoms with Crippen LogP contribution in [0.25, 0.3) is 0 Å². The predicted molar refractivity (Wildman–Crippen MR) is 46.7 cm³/mol. The van der Waals surface area contributed by atoms with Crippen LogP contribution in [-0.4, -0.2) is 14.1 Å². The summed E-state index contributed by atoms with van der Waals surface area (Å²) < 4.78 is 78.2. The first-order chi connectivity index (χ1) is 7.16. The van der Waals surface area contributed by atoms with Crippen molar-refractivity contribution in [2.45, 2.75) is 6.18 Å². The lowest BCUT2D eigenvalue weighted by Crippen LogP contribution is -2.34. The van der Waals surface area contributed by atoms with Gasteiger partial charge in [-0.25, -0.2) is 0 Å². The van der Waals surface area contributed by atoms with Crippen molar-refractivity contribution in [3.05, 3.63) is 23.8 Å². The Bertz CT molecular complexity index is 383. The van der Waals surface area contributed by atoms with Crippen molar-refractivity contribution in [1.29, 1.82) is 0 Å². The van der Waals surface area contributed by atoms with Crippen LogP contribution >= 0.6 is 0 Å². The van der Waals surface area contributed by atoms with Crippen molar-refractivity contribution in [3.8, 4) is 5.75 Å². The largest absolute Gasteiger partial charge is 0.509 e. The minimum Gasteiger partial charge on any atom is -0.496 e. The fourth-order valence-electron chi connectivity index (χ4n) is 1.15. The summed E-state index contributed by atoms with van der Waals surface area (Å²) in [6.07, 6.45) is -4.87. The number of halogens is 6. The van der Waals surface area contributed by atoms with Crippen LogP contribution in [-0.2, 0) is 6.18 Å². The molecule has 1 rings (SSSR count). The minimum absolute atomic E-state index is 0.0544. The Morgan fingerprint density at radius 3 is 2.06 bits per heavy atom. The van der Waals surface area contributed by atoms with E-state index < -0.39 is 29.9 Å². The topological polar surface area (TPSA) is 9.23 Å². The summed E-state index contributed by atoms with van der Waals surface area (Å²) in [5, 5.41) is 0. The van der Waals surface area contributed by atoms with Crippen LogP contribution in [0.3, 0.4) is 0 Å². The zero-order valence-electron chi connectivity index (χ0n) is 7.99. The van der Waals surface area contributed by atoms with Crippen LogP contribution in [0.4, 0.5) is 26.1 Å². The second-order valence-corrected chi connectivity index (χ2v) is 3.03. The molecule has 0 spiro atoms. The van der Waals surface area contributed by atoms with E-state index in [1.807, 2.05) is 0 Å². The molecular formula is C8H6BF6O-. The first kappa shape index (κ1) is 12.7. The average Bonchev–Trinajstić information content (AvgIpc) is 2.14. The van der Waals surface area contributed by atoms with Gasteiger partial charge < -0.3 is 17.7 Å². The van der Waals surface area contributed by atoms with Gasteiger partial charge in [-0.3, -0.25) is 0 Å². The Morgan fingerprint density at radius 1 is 1.12 bits per heavy atom. The molecule has 0 aliphatic carbocycles. The standard InChI is InChI=1S/C8H6BF6O/c1-16-7-3-2-5(9(13,14)15)4-6(7)8(10,11)12/h2-4H,1H3/q-1. The van der Waals surface area contributed by atoms with Crippen LogP contribution in [0.2, 0.25) is 0 Å². The van der Waals surface area contributed by atoms with Crippen molar-refractivity contribution < 1.29 is 30.9 Å². The zero-order chi connectivity index (χ0) is 12.6. The van der Waals surface area contributed by atoms with Gasteiger partial charge in [0.25, 0.3) is 0 Å². The van der Waals surface area contributed by atoms with E-state index >= 15 is 0 Å². The summed E-state index contributed by atoms with van der Waals surface area (Å²) in [7, 11) is 0.961. The quantitative estimate of drug-likeness (QED) is 0.573. The first-order valence-electron chi connectivity index (χ1n) is 4.11. The molecule has 1 aromatic rings. The van der Waals surface area contributed by atoms with Gasteiger partial charge in [0.15, 0.2) is 0 Å². The van der Waals surface area contributed by atoms with Gasteiger partial charge >= 0.3 is 13.2 Å². The highest BCUT2D eigenvalue weighted by molar-refractivity contribution is 6.73. The Morgan fingerprint density at radius 2 is 1.69 bits per heavy atom. The molecule has 90 valence electrons. The molecule has 0 radical (unpaired) electrons. The lowest BCUT2D eigenvalue weighted by molar-refractivity contribution is -0.138. The van der Waals surface area contributed by atoms with E-state index in [0.29, 0.717) is 12.1 Å². The molecule has 1 aromatic carbocycles. The summed E-state index contributed by atoms with van der Waals surface area (Å²) in [6.45, 7) is -5.45. The first-order valence-corrected chi connectivity index (χ1v) is 4.11. The third-order valence-corrected chi connectivity index (χ3v) is 1.91. The molecular weight excluding hydrogens is 237 g/mol. The van der Waals surface area contributed by atoms with Crippen molar-refractivity contribution in [1.82, 2.24) is 0 Å². The summed E-state index contributed by atoms with van der Waals surface area (Å²) in [4.78, 5) is 0. The normalized spacial score (nSPS) is 12.7. The molecule has 0 saturated carbocycles. The third kappa shape index (κ3) is 2.62. The fraction of sp³-hybridized carbons (Fsp3) is 0.250. The van der Waals surface area contributed by atoms with Crippen LogP contribution in [0.1, 0.15) is 5.56 Å².